The monoisotopic (exact) mass is 272 g/mol. The number of rotatable bonds is 2. The Kier molecular flexibility index (Phi) is 3.21. The number of aryl methyl sites for hydroxylation is 1. The van der Waals surface area contributed by atoms with Gasteiger partial charge in [0.1, 0.15) is 5.82 Å². The van der Waals surface area contributed by atoms with Crippen molar-refractivity contribution in [3.05, 3.63) is 24.0 Å². The van der Waals surface area contributed by atoms with Crippen LogP contribution in [0.5, 0.6) is 0 Å². The fourth-order valence-corrected chi connectivity index (χ4v) is 3.17. The summed E-state index contributed by atoms with van der Waals surface area (Å²) in [5.41, 5.74) is 9.22. The number of aromatic nitrogens is 2. The molecule has 1 aliphatic heterocycles. The zero-order valence-electron chi connectivity index (χ0n) is 12.7. The Labute approximate surface area is 120 Å². The minimum atomic E-state index is 0.367. The number of benzene rings is 1. The van der Waals surface area contributed by atoms with Gasteiger partial charge in [-0.2, -0.15) is 0 Å². The first-order valence-electron chi connectivity index (χ1n) is 7.38. The Morgan fingerprint density at radius 2 is 2.00 bits per heavy atom. The van der Waals surface area contributed by atoms with Crippen LogP contribution >= 0.6 is 0 Å². The van der Waals surface area contributed by atoms with Crippen LogP contribution < -0.4 is 5.73 Å². The van der Waals surface area contributed by atoms with Crippen molar-refractivity contribution in [3.63, 3.8) is 0 Å². The normalized spacial score (nSPS) is 19.6. The van der Waals surface area contributed by atoms with Gasteiger partial charge in [-0.3, -0.25) is 0 Å². The minimum absolute atomic E-state index is 0.367. The van der Waals surface area contributed by atoms with Gasteiger partial charge in [-0.15, -0.1) is 0 Å². The lowest BCUT2D eigenvalue weighted by Gasteiger charge is -2.38. The van der Waals surface area contributed by atoms with Gasteiger partial charge in [-0.25, -0.2) is 4.98 Å². The van der Waals surface area contributed by atoms with E-state index in [2.05, 4.69) is 41.4 Å². The number of nitrogens with zero attached hydrogens (tertiary/aromatic N) is 3. The zero-order valence-corrected chi connectivity index (χ0v) is 12.7. The van der Waals surface area contributed by atoms with Gasteiger partial charge in [-0.05, 0) is 63.5 Å². The molecule has 0 saturated carbocycles. The molecule has 2 N–H and O–H groups in total. The molecule has 1 saturated heterocycles. The highest BCUT2D eigenvalue weighted by atomic mass is 15.1. The van der Waals surface area contributed by atoms with Gasteiger partial charge in [-0.1, -0.05) is 6.92 Å². The Bertz CT molecular complexity index is 621. The predicted octanol–water partition coefficient (Wildman–Crippen LogP) is 2.66. The van der Waals surface area contributed by atoms with E-state index in [1.807, 2.05) is 12.1 Å². The smallest absolute Gasteiger partial charge is 0.106 e. The minimum Gasteiger partial charge on any atom is -0.399 e. The third-order valence-electron chi connectivity index (χ3n) is 4.70. The molecule has 4 nitrogen and oxygen atoms in total. The molecule has 1 aromatic carbocycles. The van der Waals surface area contributed by atoms with Crippen LogP contribution in [0.4, 0.5) is 5.69 Å². The van der Waals surface area contributed by atoms with E-state index in [9.17, 15) is 0 Å². The molecular weight excluding hydrogens is 248 g/mol. The summed E-state index contributed by atoms with van der Waals surface area (Å²) in [4.78, 5) is 7.08. The van der Waals surface area contributed by atoms with Crippen molar-refractivity contribution in [1.29, 1.82) is 0 Å². The fourth-order valence-electron chi connectivity index (χ4n) is 3.17. The molecule has 4 heteroatoms. The van der Waals surface area contributed by atoms with Crippen molar-refractivity contribution in [1.82, 2.24) is 14.5 Å². The first kappa shape index (κ1) is 13.4. The second-order valence-corrected chi connectivity index (χ2v) is 6.61. The second kappa shape index (κ2) is 4.77. The topological polar surface area (TPSA) is 47.1 Å². The maximum absolute atomic E-state index is 5.85. The highest BCUT2D eigenvalue weighted by Gasteiger charge is 2.30. The summed E-state index contributed by atoms with van der Waals surface area (Å²) in [7, 11) is 2.21. The first-order chi connectivity index (χ1) is 9.47. The van der Waals surface area contributed by atoms with Gasteiger partial charge < -0.3 is 15.2 Å². The van der Waals surface area contributed by atoms with E-state index >= 15 is 0 Å². The summed E-state index contributed by atoms with van der Waals surface area (Å²) in [6, 6.07) is 6.04. The Hall–Kier alpha value is -1.55. The molecule has 2 heterocycles. The van der Waals surface area contributed by atoms with Crippen LogP contribution in [0.15, 0.2) is 18.2 Å². The fraction of sp³-hybridized carbons (Fsp3) is 0.562. The largest absolute Gasteiger partial charge is 0.399 e. The quantitative estimate of drug-likeness (QED) is 0.855. The Morgan fingerprint density at radius 3 is 2.70 bits per heavy atom. The maximum Gasteiger partial charge on any atom is 0.106 e. The van der Waals surface area contributed by atoms with Crippen LogP contribution in [-0.2, 0) is 6.54 Å². The Morgan fingerprint density at radius 1 is 1.30 bits per heavy atom. The molecule has 1 aliphatic rings. The van der Waals surface area contributed by atoms with Crippen molar-refractivity contribution in [3.8, 4) is 0 Å². The molecule has 3 rings (SSSR count). The number of anilines is 1. The number of hydrogen-bond acceptors (Lipinski definition) is 3. The summed E-state index contributed by atoms with van der Waals surface area (Å²) < 4.78 is 2.36. The van der Waals surface area contributed by atoms with Crippen molar-refractivity contribution in [2.75, 3.05) is 25.9 Å². The van der Waals surface area contributed by atoms with Gasteiger partial charge in [0, 0.05) is 12.2 Å². The van der Waals surface area contributed by atoms with E-state index in [4.69, 9.17) is 5.73 Å². The molecule has 0 spiro atoms. The molecule has 0 radical (unpaired) electrons. The third kappa shape index (κ3) is 2.40. The molecule has 0 amide bonds. The van der Waals surface area contributed by atoms with Crippen molar-refractivity contribution < 1.29 is 0 Å². The maximum atomic E-state index is 5.85. The number of likely N-dealkylation sites (tertiary alicyclic amines) is 1. The number of nitrogens with two attached hydrogens (primary N) is 1. The lowest BCUT2D eigenvalue weighted by Crippen LogP contribution is -2.38. The lowest BCUT2D eigenvalue weighted by atomic mass is 9.80. The number of piperidine rings is 1. The van der Waals surface area contributed by atoms with E-state index in [1.54, 1.807) is 0 Å². The number of nitrogen functional groups attached to an aromatic ring is 1. The predicted molar refractivity (Wildman–Crippen MR) is 83.7 cm³/mol. The van der Waals surface area contributed by atoms with Crippen LogP contribution in [0, 0.1) is 12.3 Å². The van der Waals surface area contributed by atoms with Crippen LogP contribution in [0.25, 0.3) is 11.0 Å². The molecule has 2 aromatic rings. The molecule has 1 aromatic heterocycles. The van der Waals surface area contributed by atoms with Gasteiger partial charge in [0.05, 0.1) is 11.0 Å². The van der Waals surface area contributed by atoms with Gasteiger partial charge >= 0.3 is 0 Å². The van der Waals surface area contributed by atoms with E-state index in [1.165, 1.54) is 31.4 Å². The lowest BCUT2D eigenvalue weighted by molar-refractivity contribution is 0.121. The number of imidazole rings is 1. The average Bonchev–Trinajstić information content (AvgIpc) is 2.69. The van der Waals surface area contributed by atoms with Gasteiger partial charge in [0.15, 0.2) is 0 Å². The van der Waals surface area contributed by atoms with Crippen LogP contribution in [0.1, 0.15) is 25.6 Å². The van der Waals surface area contributed by atoms with Crippen LogP contribution in [0.2, 0.25) is 0 Å². The molecule has 1 fully saturated rings. The van der Waals surface area contributed by atoms with Gasteiger partial charge in [0.25, 0.3) is 0 Å². The van der Waals surface area contributed by atoms with Gasteiger partial charge in [0.2, 0.25) is 0 Å². The van der Waals surface area contributed by atoms with E-state index in [0.717, 1.165) is 23.6 Å². The van der Waals surface area contributed by atoms with Crippen molar-refractivity contribution >= 4 is 16.7 Å². The number of fused-ring (bicyclic) bond motifs is 1. The van der Waals surface area contributed by atoms with E-state index < -0.39 is 0 Å². The third-order valence-corrected chi connectivity index (χ3v) is 4.70. The van der Waals surface area contributed by atoms with Crippen molar-refractivity contribution in [2.45, 2.75) is 33.2 Å². The summed E-state index contributed by atoms with van der Waals surface area (Å²) in [5.74, 6) is 1.09. The van der Waals surface area contributed by atoms with Crippen LogP contribution in [-0.4, -0.2) is 34.6 Å². The molecule has 0 bridgehead atoms. The molecular formula is C16H24N4. The standard InChI is InChI=1S/C16H24N4/c1-12-18-14-10-13(17)4-5-15(14)20(12)11-16(2)6-8-19(3)9-7-16/h4-5,10H,6-9,11,17H2,1-3H3. The summed E-state index contributed by atoms with van der Waals surface area (Å²) in [6.45, 7) is 7.93. The first-order valence-corrected chi connectivity index (χ1v) is 7.38. The van der Waals surface area contributed by atoms with E-state index in [-0.39, 0.29) is 0 Å². The summed E-state index contributed by atoms with van der Waals surface area (Å²) in [5, 5.41) is 0. The highest BCUT2D eigenvalue weighted by molar-refractivity contribution is 5.79. The molecule has 0 unspecified atom stereocenters. The molecule has 0 atom stereocenters. The molecule has 0 aliphatic carbocycles. The Balaban J connectivity index is 1.92. The zero-order chi connectivity index (χ0) is 14.3. The molecule has 20 heavy (non-hydrogen) atoms. The molecule has 108 valence electrons. The summed E-state index contributed by atoms with van der Waals surface area (Å²) in [6.07, 6.45) is 2.50. The SMILES string of the molecule is Cc1nc2cc(N)ccc2n1CC1(C)CCN(C)CC1. The van der Waals surface area contributed by atoms with Crippen LogP contribution in [0.3, 0.4) is 0 Å². The van der Waals surface area contributed by atoms with E-state index in [0.29, 0.717) is 5.41 Å². The average molecular weight is 272 g/mol. The van der Waals surface area contributed by atoms with Crippen molar-refractivity contribution in [2.24, 2.45) is 5.41 Å². The summed E-state index contributed by atoms with van der Waals surface area (Å²) >= 11 is 0. The second-order valence-electron chi connectivity index (χ2n) is 6.61. The number of hydrogen-bond donors (Lipinski definition) is 1. The highest BCUT2D eigenvalue weighted by Crippen LogP contribution is 2.34.